The Kier molecular flexibility index (Phi) is 6.03. The maximum Gasteiger partial charge on any atom is 0.325 e. The molecule has 0 aliphatic carbocycles. The van der Waals surface area contributed by atoms with Crippen LogP contribution in [0.4, 0.5) is 10.5 Å². The summed E-state index contributed by atoms with van der Waals surface area (Å²) in [6.45, 7) is 9.47. The van der Waals surface area contributed by atoms with Crippen molar-refractivity contribution < 1.29 is 22.8 Å². The Bertz CT molecular complexity index is 1310. The molecule has 0 bridgehead atoms. The van der Waals surface area contributed by atoms with Gasteiger partial charge in [-0.3, -0.25) is 18.8 Å². The van der Waals surface area contributed by atoms with Crippen LogP contribution in [-0.2, 0) is 32.2 Å². The van der Waals surface area contributed by atoms with Crippen LogP contribution in [0.2, 0.25) is 0 Å². The molecule has 0 saturated carbocycles. The monoisotopic (exact) mass is 497 g/mol. The highest BCUT2D eigenvalue weighted by molar-refractivity contribution is 7.92. The number of benzene rings is 2. The van der Waals surface area contributed by atoms with Crippen molar-refractivity contribution in [1.29, 1.82) is 0 Å². The number of carbonyl (C=O) groups is 3. The van der Waals surface area contributed by atoms with Crippen molar-refractivity contribution in [3.63, 3.8) is 0 Å². The lowest BCUT2D eigenvalue weighted by molar-refractivity contribution is -0.130. The number of amides is 3. The minimum absolute atomic E-state index is 0.00297. The molecule has 0 radical (unpaired) electrons. The second-order valence-corrected chi connectivity index (χ2v) is 12.4. The molecule has 1 fully saturated rings. The first-order valence-corrected chi connectivity index (χ1v) is 13.3. The number of Topliss-reactive ketones (excluding diaryl/α,β-unsaturated/α-hetero) is 1. The molecular weight excluding hydrogens is 466 g/mol. The third-order valence-electron chi connectivity index (χ3n) is 6.86. The summed E-state index contributed by atoms with van der Waals surface area (Å²) in [6, 6.07) is 11.8. The largest absolute Gasteiger partial charge is 0.325 e. The molecule has 9 heteroatoms. The molecule has 35 heavy (non-hydrogen) atoms. The van der Waals surface area contributed by atoms with Crippen molar-refractivity contribution in [2.24, 2.45) is 0 Å². The van der Waals surface area contributed by atoms with E-state index in [9.17, 15) is 22.8 Å². The Hall–Kier alpha value is -3.20. The van der Waals surface area contributed by atoms with Crippen molar-refractivity contribution in [2.45, 2.75) is 52.0 Å². The Morgan fingerprint density at radius 1 is 1.09 bits per heavy atom. The van der Waals surface area contributed by atoms with Crippen LogP contribution in [0, 0.1) is 0 Å². The van der Waals surface area contributed by atoms with Gasteiger partial charge in [0.1, 0.15) is 5.54 Å². The zero-order valence-electron chi connectivity index (χ0n) is 20.7. The maximum atomic E-state index is 13.3. The molecular formula is C26H31N3O5S. The third-order valence-corrected chi connectivity index (χ3v) is 8.64. The fourth-order valence-corrected chi connectivity index (χ4v) is 5.72. The number of urea groups is 1. The highest BCUT2D eigenvalue weighted by Crippen LogP contribution is 2.33. The normalized spacial score (nSPS) is 20.3. The van der Waals surface area contributed by atoms with Crippen molar-refractivity contribution in [3.05, 3.63) is 64.7 Å². The molecule has 2 aromatic carbocycles. The summed E-state index contributed by atoms with van der Waals surface area (Å²) in [7, 11) is -3.39. The third kappa shape index (κ3) is 4.33. The Balaban J connectivity index is 1.53. The molecule has 1 saturated heterocycles. The smallest absolute Gasteiger partial charge is 0.319 e. The van der Waals surface area contributed by atoms with E-state index >= 15 is 0 Å². The second kappa shape index (κ2) is 8.48. The summed E-state index contributed by atoms with van der Waals surface area (Å²) in [4.78, 5) is 40.0. The van der Waals surface area contributed by atoms with E-state index in [0.29, 0.717) is 29.8 Å². The van der Waals surface area contributed by atoms with Gasteiger partial charge in [-0.1, -0.05) is 45.0 Å². The van der Waals surface area contributed by atoms with E-state index in [0.717, 1.165) is 16.0 Å². The van der Waals surface area contributed by atoms with Crippen LogP contribution in [0.1, 0.15) is 61.7 Å². The van der Waals surface area contributed by atoms with Gasteiger partial charge in [-0.2, -0.15) is 0 Å². The standard InChI is InChI=1S/C26H31N3O5S/c1-6-35(33,34)29-14-13-17-15-18(7-12-21(17)29)22(30)16-28-23(31)26(5,27-24(28)32)20-10-8-19(9-11-20)25(2,3)4/h7-12,15H,6,13-14,16H2,1-5H3,(H,27,32)/t26-/m0/s1. The maximum absolute atomic E-state index is 13.3. The molecule has 3 amide bonds. The van der Waals surface area contributed by atoms with Crippen LogP contribution >= 0.6 is 0 Å². The molecule has 2 aliphatic rings. The highest BCUT2D eigenvalue weighted by atomic mass is 32.2. The number of nitrogens with zero attached hydrogens (tertiary/aromatic N) is 2. The minimum atomic E-state index is -3.39. The quantitative estimate of drug-likeness (QED) is 0.487. The number of rotatable bonds is 6. The Morgan fingerprint density at radius 3 is 2.34 bits per heavy atom. The first kappa shape index (κ1) is 24.9. The average Bonchev–Trinajstić information content (AvgIpc) is 3.33. The lowest BCUT2D eigenvalue weighted by Gasteiger charge is -2.24. The molecule has 0 aromatic heterocycles. The van der Waals surface area contributed by atoms with Gasteiger partial charge in [0.15, 0.2) is 5.78 Å². The zero-order chi connectivity index (χ0) is 25.8. The van der Waals surface area contributed by atoms with Gasteiger partial charge in [0, 0.05) is 12.1 Å². The number of carbonyl (C=O) groups excluding carboxylic acids is 3. The Morgan fingerprint density at radius 2 is 1.74 bits per heavy atom. The minimum Gasteiger partial charge on any atom is -0.319 e. The van der Waals surface area contributed by atoms with Gasteiger partial charge in [-0.05, 0) is 60.6 Å². The number of hydrogen-bond donors (Lipinski definition) is 1. The number of nitrogens with one attached hydrogen (secondary N) is 1. The van der Waals surface area contributed by atoms with Gasteiger partial charge >= 0.3 is 6.03 Å². The van der Waals surface area contributed by atoms with E-state index in [1.807, 2.05) is 24.3 Å². The van der Waals surface area contributed by atoms with Gasteiger partial charge in [0.2, 0.25) is 10.0 Å². The summed E-state index contributed by atoms with van der Waals surface area (Å²) in [5.41, 5.74) is 2.11. The van der Waals surface area contributed by atoms with E-state index in [2.05, 4.69) is 26.1 Å². The summed E-state index contributed by atoms with van der Waals surface area (Å²) in [5.74, 6) is -0.877. The molecule has 2 heterocycles. The van der Waals surface area contributed by atoms with E-state index < -0.39 is 34.0 Å². The predicted octanol–water partition coefficient (Wildman–Crippen LogP) is 3.35. The number of hydrogen-bond acceptors (Lipinski definition) is 5. The molecule has 1 atom stereocenters. The summed E-state index contributed by atoms with van der Waals surface area (Å²) >= 11 is 0. The fraction of sp³-hybridized carbons (Fsp3) is 0.423. The van der Waals surface area contributed by atoms with Crippen LogP contribution in [0.15, 0.2) is 42.5 Å². The van der Waals surface area contributed by atoms with Gasteiger partial charge in [0.25, 0.3) is 5.91 Å². The Labute approximate surface area is 206 Å². The van der Waals surface area contributed by atoms with Crippen molar-refractivity contribution in [1.82, 2.24) is 10.2 Å². The highest BCUT2D eigenvalue weighted by Gasteiger charge is 2.49. The first-order valence-electron chi connectivity index (χ1n) is 11.7. The average molecular weight is 498 g/mol. The van der Waals surface area contributed by atoms with Crippen LogP contribution in [0.5, 0.6) is 0 Å². The zero-order valence-corrected chi connectivity index (χ0v) is 21.5. The number of fused-ring (bicyclic) bond motifs is 1. The second-order valence-electron chi connectivity index (χ2n) is 10.3. The van der Waals surface area contributed by atoms with Crippen molar-refractivity contribution >= 4 is 33.4 Å². The number of ketones is 1. The van der Waals surface area contributed by atoms with Crippen molar-refractivity contribution in [2.75, 3.05) is 23.1 Å². The summed E-state index contributed by atoms with van der Waals surface area (Å²) in [5, 5.41) is 2.74. The van der Waals surface area contributed by atoms with Crippen LogP contribution in [0.3, 0.4) is 0 Å². The SMILES string of the molecule is CCS(=O)(=O)N1CCc2cc(C(=O)CN3C(=O)N[C@@](C)(c4ccc(C(C)(C)C)cc4)C3=O)ccc21. The number of sulfonamides is 1. The lowest BCUT2D eigenvalue weighted by atomic mass is 9.84. The van der Waals surface area contributed by atoms with E-state index in [-0.39, 0.29) is 17.0 Å². The van der Waals surface area contributed by atoms with Crippen molar-refractivity contribution in [3.8, 4) is 0 Å². The van der Waals surface area contributed by atoms with E-state index in [1.165, 1.54) is 4.31 Å². The van der Waals surface area contributed by atoms with Gasteiger partial charge in [0.05, 0.1) is 18.0 Å². The van der Waals surface area contributed by atoms with Crippen LogP contribution < -0.4 is 9.62 Å². The molecule has 1 N–H and O–H groups in total. The van der Waals surface area contributed by atoms with E-state index in [4.69, 9.17) is 0 Å². The molecule has 0 spiro atoms. The lowest BCUT2D eigenvalue weighted by Crippen LogP contribution is -2.41. The molecule has 186 valence electrons. The first-order chi connectivity index (χ1) is 16.3. The molecule has 8 nitrogen and oxygen atoms in total. The van der Waals surface area contributed by atoms with Crippen LogP contribution in [-0.4, -0.2) is 49.9 Å². The molecule has 0 unspecified atom stereocenters. The topological polar surface area (TPSA) is 104 Å². The number of imide groups is 1. The fourth-order valence-electron chi connectivity index (χ4n) is 4.56. The molecule has 2 aromatic rings. The van der Waals surface area contributed by atoms with Gasteiger partial charge in [-0.15, -0.1) is 0 Å². The summed E-state index contributed by atoms with van der Waals surface area (Å²) in [6.07, 6.45) is 0.501. The van der Waals surface area contributed by atoms with Gasteiger partial charge in [-0.25, -0.2) is 13.2 Å². The van der Waals surface area contributed by atoms with E-state index in [1.54, 1.807) is 32.0 Å². The molecule has 2 aliphatic heterocycles. The predicted molar refractivity (Wildman–Crippen MR) is 134 cm³/mol. The molecule has 4 rings (SSSR count). The number of anilines is 1. The van der Waals surface area contributed by atoms with Gasteiger partial charge < -0.3 is 5.32 Å². The van der Waals surface area contributed by atoms with Crippen LogP contribution in [0.25, 0.3) is 0 Å². The summed E-state index contributed by atoms with van der Waals surface area (Å²) < 4.78 is 26.0.